The van der Waals surface area contributed by atoms with E-state index in [1.165, 1.54) is 0 Å². The summed E-state index contributed by atoms with van der Waals surface area (Å²) in [6.45, 7) is 0. The van der Waals surface area contributed by atoms with Crippen LogP contribution in [0.3, 0.4) is 0 Å². The predicted molar refractivity (Wildman–Crippen MR) is 136 cm³/mol. The highest BCUT2D eigenvalue weighted by molar-refractivity contribution is 7.99. The molecule has 0 aliphatic carbocycles. The molecule has 0 aliphatic heterocycles. The summed E-state index contributed by atoms with van der Waals surface area (Å²) in [6, 6.07) is 23.7. The molecule has 3 rings (SSSR count). The van der Waals surface area contributed by atoms with Gasteiger partial charge in [-0.1, -0.05) is 41.6 Å². The monoisotopic (exact) mass is 515 g/mol. The quantitative estimate of drug-likeness (QED) is 0.176. The van der Waals surface area contributed by atoms with Gasteiger partial charge >= 0.3 is 5.97 Å². The molecule has 0 spiro atoms. The number of rotatable bonds is 11. The number of hydrogen-bond donors (Lipinski definition) is 1. The number of carbonyl (C=O) groups excluding carboxylic acids is 3. The van der Waals surface area contributed by atoms with E-state index in [0.29, 0.717) is 16.3 Å². The number of ether oxygens (including phenoxy) is 1. The molecule has 0 saturated heterocycles. The zero-order chi connectivity index (χ0) is 24.3. The Morgan fingerprint density at radius 3 is 2.15 bits per heavy atom. The van der Waals surface area contributed by atoms with Crippen LogP contribution in [0, 0.1) is 0 Å². The highest BCUT2D eigenvalue weighted by Gasteiger charge is 2.24. The number of ketones is 1. The summed E-state index contributed by atoms with van der Waals surface area (Å²) in [7, 11) is 0. The molecule has 176 valence electrons. The molecule has 0 radical (unpaired) electrons. The topological polar surface area (TPSA) is 72.5 Å². The van der Waals surface area contributed by atoms with Gasteiger partial charge in [-0.2, -0.15) is 0 Å². The first-order chi connectivity index (χ1) is 16.4. The van der Waals surface area contributed by atoms with Crippen molar-refractivity contribution in [3.63, 3.8) is 0 Å². The highest BCUT2D eigenvalue weighted by atomic mass is 35.5. The van der Waals surface area contributed by atoms with E-state index in [4.69, 9.17) is 27.9 Å². The molecule has 8 heteroatoms. The molecule has 34 heavy (non-hydrogen) atoms. The maximum absolute atomic E-state index is 12.6. The Morgan fingerprint density at radius 1 is 0.853 bits per heavy atom. The van der Waals surface area contributed by atoms with Crippen LogP contribution in [0.5, 0.6) is 0 Å². The number of Topliss-reactive ketones (excluding diaryl/α,β-unsaturated/α-hetero) is 1. The largest absolute Gasteiger partial charge is 0.454 e. The summed E-state index contributed by atoms with van der Waals surface area (Å²) in [5.74, 6) is -1.17. The lowest BCUT2D eigenvalue weighted by atomic mass is 10.0. The van der Waals surface area contributed by atoms with Gasteiger partial charge in [0.05, 0.1) is 6.42 Å². The lowest BCUT2D eigenvalue weighted by molar-refractivity contribution is -0.148. The van der Waals surface area contributed by atoms with E-state index in [1.807, 2.05) is 54.6 Å². The van der Waals surface area contributed by atoms with Crippen LogP contribution in [0.1, 0.15) is 29.6 Å². The number of hydrogen-bond acceptors (Lipinski definition) is 5. The molecule has 3 aromatic carbocycles. The summed E-state index contributed by atoms with van der Waals surface area (Å²) in [6.07, 6.45) is -1.06. The first-order valence-electron chi connectivity index (χ1n) is 10.6. The number of halogens is 2. The van der Waals surface area contributed by atoms with Gasteiger partial charge < -0.3 is 10.1 Å². The van der Waals surface area contributed by atoms with Crippen molar-refractivity contribution in [2.24, 2.45) is 0 Å². The number of anilines is 1. The summed E-state index contributed by atoms with van der Waals surface area (Å²) < 4.78 is 5.32. The van der Waals surface area contributed by atoms with E-state index < -0.39 is 12.1 Å². The second kappa shape index (κ2) is 13.2. The van der Waals surface area contributed by atoms with Gasteiger partial charge in [0.1, 0.15) is 0 Å². The average molecular weight is 516 g/mol. The second-order valence-electron chi connectivity index (χ2n) is 7.31. The number of carbonyl (C=O) groups is 3. The van der Waals surface area contributed by atoms with E-state index in [2.05, 4.69) is 5.32 Å². The minimum atomic E-state index is -1.01. The van der Waals surface area contributed by atoms with E-state index in [0.717, 1.165) is 9.79 Å². The molecule has 3 aromatic rings. The fraction of sp³-hybridized carbons (Fsp3) is 0.192. The molecule has 5 nitrogen and oxygen atoms in total. The Balaban J connectivity index is 1.47. The van der Waals surface area contributed by atoms with Crippen molar-refractivity contribution in [1.82, 2.24) is 0 Å². The number of nitrogens with one attached hydrogen (secondary N) is 1. The van der Waals surface area contributed by atoms with Gasteiger partial charge in [0.15, 0.2) is 6.10 Å². The van der Waals surface area contributed by atoms with E-state index in [9.17, 15) is 14.4 Å². The SMILES string of the molecule is O=C(CCC(=O)OC(CCCl)C(=O)c1ccc(Cl)cc1)Nc1ccc(Sc2ccccc2)cc1. The van der Waals surface area contributed by atoms with Gasteiger partial charge in [-0.3, -0.25) is 14.4 Å². The molecule has 0 bridgehead atoms. The lowest BCUT2D eigenvalue weighted by Crippen LogP contribution is -2.28. The van der Waals surface area contributed by atoms with Gasteiger partial charge in [-0.05, 0) is 60.7 Å². The van der Waals surface area contributed by atoms with Crippen LogP contribution >= 0.6 is 35.0 Å². The van der Waals surface area contributed by atoms with Crippen LogP contribution in [0.2, 0.25) is 5.02 Å². The van der Waals surface area contributed by atoms with E-state index in [1.54, 1.807) is 36.0 Å². The maximum atomic E-state index is 12.6. The molecule has 1 atom stereocenters. The average Bonchev–Trinajstić information content (AvgIpc) is 2.84. The van der Waals surface area contributed by atoms with Crippen LogP contribution in [0.4, 0.5) is 5.69 Å². The van der Waals surface area contributed by atoms with Crippen LogP contribution in [-0.2, 0) is 14.3 Å². The maximum Gasteiger partial charge on any atom is 0.307 e. The van der Waals surface area contributed by atoms with Crippen molar-refractivity contribution < 1.29 is 19.1 Å². The molecular weight excluding hydrogens is 493 g/mol. The fourth-order valence-corrected chi connectivity index (χ4v) is 4.19. The molecule has 0 saturated carbocycles. The highest BCUT2D eigenvalue weighted by Crippen LogP contribution is 2.28. The predicted octanol–water partition coefficient (Wildman–Crippen LogP) is 6.63. The zero-order valence-electron chi connectivity index (χ0n) is 18.2. The first-order valence-corrected chi connectivity index (χ1v) is 12.4. The van der Waals surface area contributed by atoms with Crippen molar-refractivity contribution in [2.75, 3.05) is 11.2 Å². The Hall–Kier alpha value is -2.80. The number of benzene rings is 3. The zero-order valence-corrected chi connectivity index (χ0v) is 20.5. The molecule has 0 heterocycles. The fourth-order valence-electron chi connectivity index (χ4n) is 3.03. The van der Waals surface area contributed by atoms with Gasteiger partial charge in [0.2, 0.25) is 11.7 Å². The first kappa shape index (κ1) is 25.8. The molecular formula is C26H23Cl2NO4S. The molecule has 1 N–H and O–H groups in total. The lowest BCUT2D eigenvalue weighted by Gasteiger charge is -2.16. The number of alkyl halides is 1. The van der Waals surface area contributed by atoms with Crippen LogP contribution in [0.15, 0.2) is 88.7 Å². The Labute approximate surface area is 212 Å². The van der Waals surface area contributed by atoms with Crippen molar-refractivity contribution in [3.8, 4) is 0 Å². The Morgan fingerprint density at radius 2 is 1.50 bits per heavy atom. The van der Waals surface area contributed by atoms with Gasteiger partial charge in [0.25, 0.3) is 0 Å². The number of esters is 1. The molecule has 0 aromatic heterocycles. The van der Waals surface area contributed by atoms with E-state index >= 15 is 0 Å². The second-order valence-corrected chi connectivity index (χ2v) is 9.28. The standard InChI is InChI=1S/C26H23Cl2NO4S/c27-17-16-23(26(32)18-6-8-19(28)9-7-18)33-25(31)15-14-24(30)29-20-10-12-22(13-11-20)34-21-4-2-1-3-5-21/h1-13,23H,14-17H2,(H,29,30). The van der Waals surface area contributed by atoms with Crippen molar-refractivity contribution in [3.05, 3.63) is 89.4 Å². The van der Waals surface area contributed by atoms with Gasteiger partial charge in [-0.25, -0.2) is 0 Å². The van der Waals surface area contributed by atoms with Gasteiger partial charge in [0, 0.05) is 44.8 Å². The summed E-state index contributed by atoms with van der Waals surface area (Å²) >= 11 is 13.3. The molecule has 0 aliphatic rings. The molecule has 1 amide bonds. The summed E-state index contributed by atoms with van der Waals surface area (Å²) in [5, 5.41) is 3.26. The third kappa shape index (κ3) is 8.20. The smallest absolute Gasteiger partial charge is 0.307 e. The van der Waals surface area contributed by atoms with Crippen molar-refractivity contribution >= 4 is 58.3 Å². The van der Waals surface area contributed by atoms with Crippen molar-refractivity contribution in [2.45, 2.75) is 35.2 Å². The van der Waals surface area contributed by atoms with Crippen LogP contribution in [-0.4, -0.2) is 29.6 Å². The summed E-state index contributed by atoms with van der Waals surface area (Å²) in [5.41, 5.74) is 1.01. The van der Waals surface area contributed by atoms with Crippen LogP contribution in [0.25, 0.3) is 0 Å². The minimum absolute atomic E-state index is 0.0674. The van der Waals surface area contributed by atoms with E-state index in [-0.39, 0.29) is 36.8 Å². The summed E-state index contributed by atoms with van der Waals surface area (Å²) in [4.78, 5) is 39.4. The number of amides is 1. The Kier molecular flexibility index (Phi) is 10.0. The normalized spacial score (nSPS) is 11.5. The van der Waals surface area contributed by atoms with Gasteiger partial charge in [-0.15, -0.1) is 11.6 Å². The molecule has 1 unspecified atom stereocenters. The van der Waals surface area contributed by atoms with Crippen molar-refractivity contribution in [1.29, 1.82) is 0 Å². The molecule has 0 fully saturated rings. The minimum Gasteiger partial charge on any atom is -0.454 e. The van der Waals surface area contributed by atoms with Crippen LogP contribution < -0.4 is 5.32 Å². The Bertz CT molecular complexity index is 1110. The third-order valence-electron chi connectivity index (χ3n) is 4.74. The third-order valence-corrected chi connectivity index (χ3v) is 6.23.